The number of benzene rings is 1. The SMILES string of the molecule is COc1cc(Br)c(C(O)C(C)C(C)C)cc1OC. The van der Waals surface area contributed by atoms with Gasteiger partial charge in [-0.15, -0.1) is 0 Å². The van der Waals surface area contributed by atoms with Crippen LogP contribution < -0.4 is 9.47 Å². The summed E-state index contributed by atoms with van der Waals surface area (Å²) in [6.45, 7) is 6.24. The highest BCUT2D eigenvalue weighted by Gasteiger charge is 2.23. The van der Waals surface area contributed by atoms with Gasteiger partial charge in [0.05, 0.1) is 20.3 Å². The van der Waals surface area contributed by atoms with Gasteiger partial charge in [-0.25, -0.2) is 0 Å². The average molecular weight is 317 g/mol. The van der Waals surface area contributed by atoms with E-state index >= 15 is 0 Å². The zero-order valence-corrected chi connectivity index (χ0v) is 13.1. The van der Waals surface area contributed by atoms with Gasteiger partial charge in [0.1, 0.15) is 0 Å². The molecule has 2 atom stereocenters. The summed E-state index contributed by atoms with van der Waals surface area (Å²) in [6, 6.07) is 3.65. The molecule has 0 aliphatic rings. The predicted octanol–water partition coefficient (Wildman–Crippen LogP) is 3.79. The maximum absolute atomic E-state index is 10.4. The van der Waals surface area contributed by atoms with Crippen LogP contribution >= 0.6 is 15.9 Å². The van der Waals surface area contributed by atoms with Gasteiger partial charge in [0.2, 0.25) is 0 Å². The Labute approximate surface area is 117 Å². The van der Waals surface area contributed by atoms with Crippen molar-refractivity contribution in [1.82, 2.24) is 0 Å². The van der Waals surface area contributed by atoms with E-state index in [2.05, 4.69) is 29.8 Å². The number of aliphatic hydroxyl groups excluding tert-OH is 1. The molecule has 18 heavy (non-hydrogen) atoms. The van der Waals surface area contributed by atoms with Crippen molar-refractivity contribution in [3.63, 3.8) is 0 Å². The molecule has 0 aliphatic heterocycles. The number of hydrogen-bond acceptors (Lipinski definition) is 3. The standard InChI is InChI=1S/C14H21BrO3/c1-8(2)9(3)14(16)10-6-12(17-4)13(18-5)7-11(10)15/h6-9,14,16H,1-5H3. The molecule has 102 valence electrons. The van der Waals surface area contributed by atoms with Crippen LogP contribution in [0.2, 0.25) is 0 Å². The van der Waals surface area contributed by atoms with Crippen LogP contribution in [0.15, 0.2) is 16.6 Å². The van der Waals surface area contributed by atoms with Gasteiger partial charge in [0.25, 0.3) is 0 Å². The summed E-state index contributed by atoms with van der Waals surface area (Å²) in [5, 5.41) is 10.4. The Morgan fingerprint density at radius 2 is 1.56 bits per heavy atom. The number of hydrogen-bond donors (Lipinski definition) is 1. The van der Waals surface area contributed by atoms with E-state index in [0.717, 1.165) is 10.0 Å². The normalized spacial score (nSPS) is 14.4. The van der Waals surface area contributed by atoms with Gasteiger partial charge < -0.3 is 14.6 Å². The zero-order chi connectivity index (χ0) is 13.9. The molecule has 0 saturated heterocycles. The van der Waals surface area contributed by atoms with Gasteiger partial charge in [0.15, 0.2) is 11.5 Å². The summed E-state index contributed by atoms with van der Waals surface area (Å²) in [6.07, 6.45) is -0.529. The van der Waals surface area contributed by atoms with Crippen molar-refractivity contribution in [3.8, 4) is 11.5 Å². The Hall–Kier alpha value is -0.740. The number of rotatable bonds is 5. The van der Waals surface area contributed by atoms with Crippen molar-refractivity contribution in [2.24, 2.45) is 11.8 Å². The molecule has 0 spiro atoms. The minimum Gasteiger partial charge on any atom is -0.493 e. The smallest absolute Gasteiger partial charge is 0.161 e. The molecule has 0 saturated carbocycles. The van der Waals surface area contributed by atoms with Crippen molar-refractivity contribution in [2.75, 3.05) is 14.2 Å². The first-order valence-electron chi connectivity index (χ1n) is 6.01. The lowest BCUT2D eigenvalue weighted by Gasteiger charge is -2.24. The molecule has 1 N–H and O–H groups in total. The van der Waals surface area contributed by atoms with Gasteiger partial charge in [-0.3, -0.25) is 0 Å². The lowest BCUT2D eigenvalue weighted by Crippen LogP contribution is -2.15. The topological polar surface area (TPSA) is 38.7 Å². The van der Waals surface area contributed by atoms with Gasteiger partial charge in [0, 0.05) is 4.47 Å². The van der Waals surface area contributed by atoms with Crippen LogP contribution in [0.4, 0.5) is 0 Å². The molecule has 0 bridgehead atoms. The summed E-state index contributed by atoms with van der Waals surface area (Å²) >= 11 is 3.47. The van der Waals surface area contributed by atoms with Crippen LogP contribution in [0.25, 0.3) is 0 Å². The molecule has 0 amide bonds. The molecule has 0 aromatic heterocycles. The Kier molecular flexibility index (Phi) is 5.47. The molecule has 1 rings (SSSR count). The quantitative estimate of drug-likeness (QED) is 0.898. The fourth-order valence-corrected chi connectivity index (χ4v) is 2.30. The second-order valence-electron chi connectivity index (χ2n) is 4.78. The second kappa shape index (κ2) is 6.43. The average Bonchev–Trinajstić information content (AvgIpc) is 2.36. The predicted molar refractivity (Wildman–Crippen MR) is 76.2 cm³/mol. The fourth-order valence-electron chi connectivity index (χ4n) is 1.74. The lowest BCUT2D eigenvalue weighted by molar-refractivity contribution is 0.0912. The third-order valence-electron chi connectivity index (χ3n) is 3.37. The molecule has 3 nitrogen and oxygen atoms in total. The van der Waals surface area contributed by atoms with E-state index in [0.29, 0.717) is 17.4 Å². The first-order chi connectivity index (χ1) is 8.42. The Balaban J connectivity index is 3.16. The van der Waals surface area contributed by atoms with Crippen molar-refractivity contribution in [3.05, 3.63) is 22.2 Å². The monoisotopic (exact) mass is 316 g/mol. The maximum Gasteiger partial charge on any atom is 0.161 e. The summed E-state index contributed by atoms with van der Waals surface area (Å²) < 4.78 is 11.3. The molecule has 1 aromatic rings. The lowest BCUT2D eigenvalue weighted by atomic mass is 9.88. The van der Waals surface area contributed by atoms with E-state index in [1.807, 2.05) is 19.1 Å². The highest BCUT2D eigenvalue weighted by molar-refractivity contribution is 9.10. The van der Waals surface area contributed by atoms with E-state index < -0.39 is 6.10 Å². The number of halogens is 1. The highest BCUT2D eigenvalue weighted by Crippen LogP contribution is 2.39. The Bertz CT molecular complexity index is 404. The van der Waals surface area contributed by atoms with Crippen molar-refractivity contribution in [2.45, 2.75) is 26.9 Å². The fraction of sp³-hybridized carbons (Fsp3) is 0.571. The van der Waals surface area contributed by atoms with Crippen LogP contribution in [0, 0.1) is 11.8 Å². The minimum atomic E-state index is -0.529. The van der Waals surface area contributed by atoms with E-state index in [-0.39, 0.29) is 5.92 Å². The molecule has 2 unspecified atom stereocenters. The van der Waals surface area contributed by atoms with Crippen molar-refractivity contribution in [1.29, 1.82) is 0 Å². The van der Waals surface area contributed by atoms with Gasteiger partial charge in [-0.05, 0) is 29.5 Å². The Morgan fingerprint density at radius 3 is 2.00 bits per heavy atom. The van der Waals surface area contributed by atoms with E-state index in [1.165, 1.54) is 0 Å². The van der Waals surface area contributed by atoms with Gasteiger partial charge in [-0.2, -0.15) is 0 Å². The van der Waals surface area contributed by atoms with Crippen LogP contribution in [-0.2, 0) is 0 Å². The van der Waals surface area contributed by atoms with Crippen LogP contribution in [0.3, 0.4) is 0 Å². The first-order valence-corrected chi connectivity index (χ1v) is 6.81. The van der Waals surface area contributed by atoms with Crippen molar-refractivity contribution < 1.29 is 14.6 Å². The van der Waals surface area contributed by atoms with Crippen LogP contribution in [0.1, 0.15) is 32.4 Å². The molecule has 0 radical (unpaired) electrons. The van der Waals surface area contributed by atoms with Gasteiger partial charge >= 0.3 is 0 Å². The second-order valence-corrected chi connectivity index (χ2v) is 5.63. The summed E-state index contributed by atoms with van der Waals surface area (Å²) in [7, 11) is 3.19. The van der Waals surface area contributed by atoms with Gasteiger partial charge in [-0.1, -0.05) is 36.7 Å². The molecule has 0 heterocycles. The maximum atomic E-state index is 10.4. The third-order valence-corrected chi connectivity index (χ3v) is 4.06. The molecule has 0 fully saturated rings. The van der Waals surface area contributed by atoms with E-state index in [1.54, 1.807) is 14.2 Å². The molecule has 0 aliphatic carbocycles. The largest absolute Gasteiger partial charge is 0.493 e. The third kappa shape index (κ3) is 3.18. The summed E-state index contributed by atoms with van der Waals surface area (Å²) in [5.41, 5.74) is 0.828. The number of methoxy groups -OCH3 is 2. The Morgan fingerprint density at radius 1 is 1.06 bits per heavy atom. The first kappa shape index (κ1) is 15.3. The summed E-state index contributed by atoms with van der Waals surface area (Å²) in [4.78, 5) is 0. The molecule has 4 heteroatoms. The molecular formula is C14H21BrO3. The minimum absolute atomic E-state index is 0.166. The number of aliphatic hydroxyl groups is 1. The molecule has 1 aromatic carbocycles. The van der Waals surface area contributed by atoms with Crippen LogP contribution in [0.5, 0.6) is 11.5 Å². The highest BCUT2D eigenvalue weighted by atomic mass is 79.9. The molecular weight excluding hydrogens is 296 g/mol. The summed E-state index contributed by atoms with van der Waals surface area (Å²) in [5.74, 6) is 1.85. The number of ether oxygens (including phenoxy) is 2. The van der Waals surface area contributed by atoms with Crippen LogP contribution in [-0.4, -0.2) is 19.3 Å². The van der Waals surface area contributed by atoms with E-state index in [4.69, 9.17) is 9.47 Å². The van der Waals surface area contributed by atoms with E-state index in [9.17, 15) is 5.11 Å². The van der Waals surface area contributed by atoms with Crippen molar-refractivity contribution >= 4 is 15.9 Å². The zero-order valence-electron chi connectivity index (χ0n) is 11.5.